The van der Waals surface area contributed by atoms with E-state index < -0.39 is 4.92 Å². The molecule has 0 atom stereocenters. The molecule has 2 amide bonds. The summed E-state index contributed by atoms with van der Waals surface area (Å²) in [5, 5.41) is 11.1. The number of imide groups is 1. The van der Waals surface area contributed by atoms with E-state index in [0.29, 0.717) is 6.61 Å². The summed E-state index contributed by atoms with van der Waals surface area (Å²) in [5.41, 5.74) is 0.160. The Bertz CT molecular complexity index is 616. The maximum absolute atomic E-state index is 11.7. The highest BCUT2D eigenvalue weighted by atomic mass is 16.6. The second kappa shape index (κ2) is 6.45. The molecule has 2 rings (SSSR count). The van der Waals surface area contributed by atoms with E-state index in [2.05, 4.69) is 4.98 Å². The molecule has 0 spiro atoms. The fourth-order valence-electron chi connectivity index (χ4n) is 2.21. The second-order valence-corrected chi connectivity index (χ2v) is 6.65. The molecule has 23 heavy (non-hydrogen) atoms. The van der Waals surface area contributed by atoms with E-state index in [4.69, 9.17) is 4.74 Å². The number of aromatic nitrogens is 2. The lowest BCUT2D eigenvalue weighted by Gasteiger charge is -2.19. The first-order chi connectivity index (χ1) is 10.7. The predicted molar refractivity (Wildman–Crippen MR) is 79.1 cm³/mol. The van der Waals surface area contributed by atoms with Crippen LogP contribution in [0, 0.1) is 15.5 Å². The Labute approximate surface area is 133 Å². The molecule has 126 valence electrons. The first kappa shape index (κ1) is 17.1. The molecule has 0 radical (unpaired) electrons. The highest BCUT2D eigenvalue weighted by Crippen LogP contribution is 2.21. The molecule has 1 aromatic rings. The molecule has 1 aliphatic rings. The van der Waals surface area contributed by atoms with Gasteiger partial charge in [0.2, 0.25) is 18.1 Å². The molecule has 0 unspecified atom stereocenters. The van der Waals surface area contributed by atoms with Crippen molar-refractivity contribution in [3.05, 3.63) is 22.1 Å². The summed E-state index contributed by atoms with van der Waals surface area (Å²) in [4.78, 5) is 38.7. The number of carbonyl (C=O) groups is 2. The molecule has 1 fully saturated rings. The van der Waals surface area contributed by atoms with Crippen molar-refractivity contribution >= 4 is 17.6 Å². The molecule has 1 saturated heterocycles. The third-order valence-electron chi connectivity index (χ3n) is 3.32. The van der Waals surface area contributed by atoms with E-state index in [9.17, 15) is 19.7 Å². The number of hydrogen-bond donors (Lipinski definition) is 0. The van der Waals surface area contributed by atoms with Gasteiger partial charge in [0, 0.05) is 12.8 Å². The minimum absolute atomic E-state index is 0.0101. The first-order valence-corrected chi connectivity index (χ1v) is 7.28. The van der Waals surface area contributed by atoms with Crippen molar-refractivity contribution in [2.24, 2.45) is 5.41 Å². The zero-order chi connectivity index (χ0) is 17.2. The van der Waals surface area contributed by atoms with Crippen LogP contribution in [0.3, 0.4) is 0 Å². The molecule has 9 nitrogen and oxygen atoms in total. The van der Waals surface area contributed by atoms with Crippen LogP contribution in [0.15, 0.2) is 6.33 Å². The van der Waals surface area contributed by atoms with Crippen LogP contribution in [0.2, 0.25) is 0 Å². The lowest BCUT2D eigenvalue weighted by Crippen LogP contribution is -2.31. The van der Waals surface area contributed by atoms with Gasteiger partial charge in [-0.05, 0) is 15.3 Å². The molecule has 0 aliphatic carbocycles. The quantitative estimate of drug-likeness (QED) is 0.445. The number of nitro groups is 1. The van der Waals surface area contributed by atoms with Gasteiger partial charge in [-0.25, -0.2) is 0 Å². The SMILES string of the molecule is CC(C)(C)COCc1c([N+](=O)[O-])ncn1CN1C(=O)CCC1=O. The average molecular weight is 324 g/mol. The van der Waals surface area contributed by atoms with Crippen LogP contribution < -0.4 is 0 Å². The van der Waals surface area contributed by atoms with Gasteiger partial charge < -0.3 is 14.9 Å². The Kier molecular flexibility index (Phi) is 4.79. The van der Waals surface area contributed by atoms with Gasteiger partial charge in [0.05, 0.1) is 13.2 Å². The highest BCUT2D eigenvalue weighted by Gasteiger charge is 2.31. The largest absolute Gasteiger partial charge is 0.387 e. The highest BCUT2D eigenvalue weighted by molar-refractivity contribution is 6.01. The van der Waals surface area contributed by atoms with Crippen molar-refractivity contribution in [2.45, 2.75) is 46.9 Å². The normalized spacial score (nSPS) is 15.5. The van der Waals surface area contributed by atoms with Crippen molar-refractivity contribution in [2.75, 3.05) is 6.61 Å². The summed E-state index contributed by atoms with van der Waals surface area (Å²) in [6.45, 7) is 6.29. The van der Waals surface area contributed by atoms with Crippen LogP contribution in [0.25, 0.3) is 0 Å². The Hall–Kier alpha value is -2.29. The zero-order valence-electron chi connectivity index (χ0n) is 13.4. The fraction of sp³-hybridized carbons (Fsp3) is 0.643. The van der Waals surface area contributed by atoms with Crippen molar-refractivity contribution in [3.63, 3.8) is 0 Å². The molecular formula is C14H20N4O5. The second-order valence-electron chi connectivity index (χ2n) is 6.65. The van der Waals surface area contributed by atoms with E-state index in [-0.39, 0.29) is 54.9 Å². The molecule has 1 aliphatic heterocycles. The summed E-state index contributed by atoms with van der Waals surface area (Å²) >= 11 is 0. The van der Waals surface area contributed by atoms with E-state index in [1.807, 2.05) is 20.8 Å². The number of ether oxygens (including phenoxy) is 1. The third-order valence-corrected chi connectivity index (χ3v) is 3.32. The summed E-state index contributed by atoms with van der Waals surface area (Å²) < 4.78 is 6.96. The van der Waals surface area contributed by atoms with Gasteiger partial charge in [0.15, 0.2) is 0 Å². The number of carbonyl (C=O) groups excluding carboxylic acids is 2. The van der Waals surface area contributed by atoms with Crippen LogP contribution in [0.5, 0.6) is 0 Å². The van der Waals surface area contributed by atoms with Gasteiger partial charge in [-0.3, -0.25) is 19.1 Å². The maximum Gasteiger partial charge on any atom is 0.387 e. The molecular weight excluding hydrogens is 304 g/mol. The molecule has 0 N–H and O–H groups in total. The average Bonchev–Trinajstić information content (AvgIpc) is 2.96. The van der Waals surface area contributed by atoms with Gasteiger partial charge >= 0.3 is 5.82 Å². The molecule has 0 bridgehead atoms. The van der Waals surface area contributed by atoms with Gasteiger partial charge in [-0.2, -0.15) is 0 Å². The summed E-state index contributed by atoms with van der Waals surface area (Å²) in [7, 11) is 0. The Morgan fingerprint density at radius 2 is 1.91 bits per heavy atom. The van der Waals surface area contributed by atoms with E-state index in [1.54, 1.807) is 0 Å². The summed E-state index contributed by atoms with van der Waals surface area (Å²) in [5.74, 6) is -0.890. The number of imidazole rings is 1. The van der Waals surface area contributed by atoms with Crippen LogP contribution in [0.4, 0.5) is 5.82 Å². The van der Waals surface area contributed by atoms with Crippen LogP contribution >= 0.6 is 0 Å². The number of amides is 2. The number of likely N-dealkylation sites (tertiary alicyclic amines) is 1. The Morgan fingerprint density at radius 3 is 2.43 bits per heavy atom. The smallest absolute Gasteiger partial charge is 0.374 e. The lowest BCUT2D eigenvalue weighted by molar-refractivity contribution is -0.390. The number of rotatable bonds is 6. The van der Waals surface area contributed by atoms with Crippen LogP contribution in [-0.2, 0) is 27.6 Å². The van der Waals surface area contributed by atoms with Crippen molar-refractivity contribution in [1.82, 2.24) is 14.5 Å². The molecule has 0 aromatic carbocycles. The molecule has 1 aromatic heterocycles. The third kappa shape index (κ3) is 4.13. The Morgan fingerprint density at radius 1 is 1.30 bits per heavy atom. The minimum atomic E-state index is -0.597. The van der Waals surface area contributed by atoms with Gasteiger partial charge in [-0.1, -0.05) is 20.8 Å². The Balaban J connectivity index is 2.17. The first-order valence-electron chi connectivity index (χ1n) is 7.28. The molecule has 0 saturated carbocycles. The van der Waals surface area contributed by atoms with Crippen LogP contribution in [-0.4, -0.2) is 37.8 Å². The van der Waals surface area contributed by atoms with Crippen molar-refractivity contribution < 1.29 is 19.2 Å². The monoisotopic (exact) mass is 324 g/mol. The summed E-state index contributed by atoms with van der Waals surface area (Å²) in [6, 6.07) is 0. The molecule has 9 heteroatoms. The van der Waals surface area contributed by atoms with Crippen molar-refractivity contribution in [3.8, 4) is 0 Å². The summed E-state index contributed by atoms with van der Waals surface area (Å²) in [6.07, 6.45) is 1.60. The van der Waals surface area contributed by atoms with Crippen molar-refractivity contribution in [1.29, 1.82) is 0 Å². The van der Waals surface area contributed by atoms with Gasteiger partial charge in [0.25, 0.3) is 0 Å². The van der Waals surface area contributed by atoms with E-state index in [1.165, 1.54) is 10.9 Å². The maximum atomic E-state index is 11.7. The number of hydrogen-bond acceptors (Lipinski definition) is 6. The lowest BCUT2D eigenvalue weighted by atomic mass is 9.99. The fourth-order valence-corrected chi connectivity index (χ4v) is 2.21. The molecule has 2 heterocycles. The van der Waals surface area contributed by atoms with Gasteiger partial charge in [-0.15, -0.1) is 0 Å². The van der Waals surface area contributed by atoms with E-state index in [0.717, 1.165) is 4.90 Å². The predicted octanol–water partition coefficient (Wildman–Crippen LogP) is 1.46. The van der Waals surface area contributed by atoms with Gasteiger partial charge in [0.1, 0.15) is 12.4 Å². The van der Waals surface area contributed by atoms with E-state index >= 15 is 0 Å². The number of nitrogens with zero attached hydrogens (tertiary/aromatic N) is 4. The standard InChI is InChI=1S/C14H20N4O5/c1-14(2,3)7-23-6-10-13(18(21)22)15-8-16(10)9-17-11(19)4-5-12(17)20/h8H,4-7,9H2,1-3H3. The zero-order valence-corrected chi connectivity index (χ0v) is 13.4. The minimum Gasteiger partial charge on any atom is -0.374 e. The van der Waals surface area contributed by atoms with Crippen LogP contribution in [0.1, 0.15) is 39.3 Å². The topological polar surface area (TPSA) is 108 Å².